The number of carbonyl (C=O) groups excluding carboxylic acids is 2. The van der Waals surface area contributed by atoms with Gasteiger partial charge < -0.3 is 14.6 Å². The molecular formula is C27H24N2O3. The second-order valence-corrected chi connectivity index (χ2v) is 8.20. The molecule has 5 rings (SSSR count). The van der Waals surface area contributed by atoms with Gasteiger partial charge in [-0.1, -0.05) is 66.7 Å². The van der Waals surface area contributed by atoms with E-state index in [1.807, 2.05) is 55.5 Å². The molecule has 0 radical (unpaired) electrons. The zero-order chi connectivity index (χ0) is 22.1. The lowest BCUT2D eigenvalue weighted by Gasteiger charge is -2.36. The third-order valence-corrected chi connectivity index (χ3v) is 6.19. The van der Waals surface area contributed by atoms with E-state index in [4.69, 9.17) is 4.42 Å². The van der Waals surface area contributed by atoms with Crippen molar-refractivity contribution in [2.45, 2.75) is 32.0 Å². The highest BCUT2D eigenvalue weighted by molar-refractivity contribution is 5.96. The van der Waals surface area contributed by atoms with Gasteiger partial charge in [-0.05, 0) is 46.5 Å². The summed E-state index contributed by atoms with van der Waals surface area (Å²) in [6.45, 7) is 2.35. The van der Waals surface area contributed by atoms with E-state index < -0.39 is 6.04 Å². The number of benzene rings is 3. The summed E-state index contributed by atoms with van der Waals surface area (Å²) in [5.41, 5.74) is 3.20. The Morgan fingerprint density at radius 3 is 2.50 bits per heavy atom. The lowest BCUT2D eigenvalue weighted by molar-refractivity contribution is -0.126. The molecule has 0 spiro atoms. The van der Waals surface area contributed by atoms with Gasteiger partial charge >= 0.3 is 0 Å². The van der Waals surface area contributed by atoms with Crippen LogP contribution in [-0.2, 0) is 17.8 Å². The number of nitrogens with zero attached hydrogens (tertiary/aromatic N) is 1. The Morgan fingerprint density at radius 2 is 1.69 bits per heavy atom. The van der Waals surface area contributed by atoms with Crippen molar-refractivity contribution in [3.05, 3.63) is 108 Å². The molecule has 0 bridgehead atoms. The largest absolute Gasteiger partial charge is 0.459 e. The van der Waals surface area contributed by atoms with Crippen LogP contribution in [0.2, 0.25) is 0 Å². The maximum absolute atomic E-state index is 13.5. The van der Waals surface area contributed by atoms with Gasteiger partial charge in [-0.3, -0.25) is 9.59 Å². The first kappa shape index (κ1) is 20.1. The molecule has 4 aromatic rings. The van der Waals surface area contributed by atoms with Crippen molar-refractivity contribution in [3.63, 3.8) is 0 Å². The average molecular weight is 425 g/mol. The first-order chi connectivity index (χ1) is 15.6. The van der Waals surface area contributed by atoms with E-state index in [0.717, 1.165) is 27.5 Å². The average Bonchev–Trinajstić information content (AvgIpc) is 3.37. The predicted molar refractivity (Wildman–Crippen MR) is 123 cm³/mol. The SMILES string of the molecule is CC(NC(=O)C1Cc2ccccc2CN1C(=O)c1ccco1)c1cccc2ccccc12. The number of amides is 2. The number of hydrogen-bond acceptors (Lipinski definition) is 3. The van der Waals surface area contributed by atoms with Crippen LogP contribution < -0.4 is 5.32 Å². The predicted octanol–water partition coefficient (Wildman–Crippen LogP) is 4.88. The molecule has 1 aliphatic heterocycles. The second-order valence-electron chi connectivity index (χ2n) is 8.20. The summed E-state index contributed by atoms with van der Waals surface area (Å²) >= 11 is 0. The molecule has 1 aliphatic rings. The number of nitrogens with one attached hydrogen (secondary N) is 1. The first-order valence-electron chi connectivity index (χ1n) is 10.8. The summed E-state index contributed by atoms with van der Waals surface area (Å²) < 4.78 is 5.34. The summed E-state index contributed by atoms with van der Waals surface area (Å²) in [4.78, 5) is 28.3. The maximum atomic E-state index is 13.5. The standard InChI is InChI=1S/C27H24N2O3/c1-18(22-13-6-11-19-8-4-5-12-23(19)22)28-26(30)24-16-20-9-2-3-10-21(20)17-29(24)27(31)25-14-7-15-32-25/h2-15,18,24H,16-17H2,1H3,(H,28,30). The quantitative estimate of drug-likeness (QED) is 0.508. The third kappa shape index (κ3) is 3.66. The molecule has 2 amide bonds. The number of carbonyl (C=O) groups is 2. The minimum absolute atomic E-state index is 0.167. The van der Waals surface area contributed by atoms with Gasteiger partial charge in [-0.15, -0.1) is 0 Å². The lowest BCUT2D eigenvalue weighted by Crippen LogP contribution is -2.52. The molecule has 32 heavy (non-hydrogen) atoms. The van der Waals surface area contributed by atoms with Crippen molar-refractivity contribution < 1.29 is 14.0 Å². The van der Waals surface area contributed by atoms with E-state index in [1.165, 1.54) is 6.26 Å². The fraction of sp³-hybridized carbons (Fsp3) is 0.185. The molecule has 0 saturated heterocycles. The van der Waals surface area contributed by atoms with Crippen LogP contribution in [0.25, 0.3) is 10.8 Å². The Bertz CT molecular complexity index is 1270. The Hall–Kier alpha value is -3.86. The minimum atomic E-state index is -0.611. The van der Waals surface area contributed by atoms with Crippen molar-refractivity contribution >= 4 is 22.6 Å². The third-order valence-electron chi connectivity index (χ3n) is 6.19. The van der Waals surface area contributed by atoms with Crippen molar-refractivity contribution in [1.82, 2.24) is 10.2 Å². The highest BCUT2D eigenvalue weighted by Gasteiger charge is 2.36. The number of hydrogen-bond donors (Lipinski definition) is 1. The minimum Gasteiger partial charge on any atom is -0.459 e. The van der Waals surface area contributed by atoms with Crippen molar-refractivity contribution in [2.24, 2.45) is 0 Å². The summed E-state index contributed by atoms with van der Waals surface area (Å²) in [6.07, 6.45) is 1.94. The number of furan rings is 1. The molecule has 1 aromatic heterocycles. The zero-order valence-electron chi connectivity index (χ0n) is 17.8. The molecule has 2 atom stereocenters. The summed E-state index contributed by atoms with van der Waals surface area (Å²) in [5, 5.41) is 5.40. The highest BCUT2D eigenvalue weighted by atomic mass is 16.3. The van der Waals surface area contributed by atoms with Crippen LogP contribution in [0.3, 0.4) is 0 Å². The molecule has 0 aliphatic carbocycles. The van der Waals surface area contributed by atoms with Crippen LogP contribution >= 0.6 is 0 Å². The molecule has 3 aromatic carbocycles. The molecule has 1 N–H and O–H groups in total. The highest BCUT2D eigenvalue weighted by Crippen LogP contribution is 2.28. The van der Waals surface area contributed by atoms with Crippen LogP contribution in [0.5, 0.6) is 0 Å². The Kier molecular flexibility index (Phi) is 5.23. The molecular weight excluding hydrogens is 400 g/mol. The molecule has 2 heterocycles. The summed E-state index contributed by atoms with van der Waals surface area (Å²) in [5.74, 6) is -0.202. The van der Waals surface area contributed by atoms with Gasteiger partial charge in [0.15, 0.2) is 5.76 Å². The van der Waals surface area contributed by atoms with E-state index in [1.54, 1.807) is 17.0 Å². The topological polar surface area (TPSA) is 62.6 Å². The van der Waals surface area contributed by atoms with Crippen LogP contribution in [0.1, 0.15) is 40.2 Å². The van der Waals surface area contributed by atoms with E-state index in [9.17, 15) is 9.59 Å². The Balaban J connectivity index is 1.44. The normalized spacial score (nSPS) is 16.4. The van der Waals surface area contributed by atoms with E-state index in [0.29, 0.717) is 13.0 Å². The molecule has 0 fully saturated rings. The second kappa shape index (κ2) is 8.35. The number of fused-ring (bicyclic) bond motifs is 2. The smallest absolute Gasteiger partial charge is 0.290 e. The van der Waals surface area contributed by atoms with Crippen molar-refractivity contribution in [2.75, 3.05) is 0 Å². The van der Waals surface area contributed by atoms with Gasteiger partial charge in [0.1, 0.15) is 6.04 Å². The van der Waals surface area contributed by atoms with Gasteiger partial charge in [0, 0.05) is 13.0 Å². The summed E-state index contributed by atoms with van der Waals surface area (Å²) in [6, 6.07) is 24.7. The van der Waals surface area contributed by atoms with Crippen LogP contribution in [0, 0.1) is 0 Å². The lowest BCUT2D eigenvalue weighted by atomic mass is 9.92. The van der Waals surface area contributed by atoms with Crippen LogP contribution in [-0.4, -0.2) is 22.8 Å². The monoisotopic (exact) mass is 424 g/mol. The van der Waals surface area contributed by atoms with Gasteiger partial charge in [0.05, 0.1) is 12.3 Å². The zero-order valence-corrected chi connectivity index (χ0v) is 17.8. The van der Waals surface area contributed by atoms with E-state index in [2.05, 4.69) is 23.5 Å². The fourth-order valence-electron chi connectivity index (χ4n) is 4.53. The van der Waals surface area contributed by atoms with Crippen molar-refractivity contribution in [3.8, 4) is 0 Å². The van der Waals surface area contributed by atoms with Crippen molar-refractivity contribution in [1.29, 1.82) is 0 Å². The summed E-state index contributed by atoms with van der Waals surface area (Å²) in [7, 11) is 0. The maximum Gasteiger partial charge on any atom is 0.290 e. The van der Waals surface area contributed by atoms with Crippen LogP contribution in [0.15, 0.2) is 89.5 Å². The first-order valence-corrected chi connectivity index (χ1v) is 10.8. The fourth-order valence-corrected chi connectivity index (χ4v) is 4.53. The van der Waals surface area contributed by atoms with E-state index in [-0.39, 0.29) is 23.6 Å². The van der Waals surface area contributed by atoms with Gasteiger partial charge in [-0.25, -0.2) is 0 Å². The molecule has 2 unspecified atom stereocenters. The number of rotatable bonds is 4. The van der Waals surface area contributed by atoms with Gasteiger partial charge in [0.2, 0.25) is 5.91 Å². The Morgan fingerprint density at radius 1 is 0.938 bits per heavy atom. The Labute approximate surface area is 186 Å². The molecule has 5 nitrogen and oxygen atoms in total. The van der Waals surface area contributed by atoms with E-state index >= 15 is 0 Å². The molecule has 160 valence electrons. The van der Waals surface area contributed by atoms with Gasteiger partial charge in [-0.2, -0.15) is 0 Å². The van der Waals surface area contributed by atoms with Crippen LogP contribution in [0.4, 0.5) is 0 Å². The molecule has 5 heteroatoms. The molecule has 0 saturated carbocycles. The van der Waals surface area contributed by atoms with Gasteiger partial charge in [0.25, 0.3) is 5.91 Å².